The van der Waals surface area contributed by atoms with Crippen molar-refractivity contribution in [2.24, 2.45) is 4.99 Å². The van der Waals surface area contributed by atoms with E-state index in [1.165, 1.54) is 5.19 Å². The lowest BCUT2D eigenvalue weighted by molar-refractivity contribution is -0.110. The molecule has 2 aliphatic rings. The Hall–Kier alpha value is -1.21. The maximum absolute atomic E-state index is 11.8. The highest BCUT2D eigenvalue weighted by Gasteiger charge is 2.42. The minimum Gasteiger partial charge on any atom is -0.507 e. The minimum atomic E-state index is -2.05. The van der Waals surface area contributed by atoms with Crippen molar-refractivity contribution in [1.82, 2.24) is 0 Å². The van der Waals surface area contributed by atoms with Crippen LogP contribution < -0.4 is 5.19 Å². The quantitative estimate of drug-likeness (QED) is 0.463. The van der Waals surface area contributed by atoms with Crippen molar-refractivity contribution in [3.63, 3.8) is 0 Å². The Balaban J connectivity index is 2.34. The van der Waals surface area contributed by atoms with E-state index in [2.05, 4.69) is 36.1 Å². The van der Waals surface area contributed by atoms with E-state index in [0.29, 0.717) is 5.75 Å². The number of rotatable bonds is 2. The first-order valence-corrected chi connectivity index (χ1v) is 10.8. The third kappa shape index (κ3) is 2.22. The van der Waals surface area contributed by atoms with Gasteiger partial charge in [0.2, 0.25) is 0 Å². The molecule has 1 heterocycles. The van der Waals surface area contributed by atoms with Crippen LogP contribution in [0.2, 0.25) is 12.6 Å². The molecule has 1 N–H and O–H groups in total. The summed E-state index contributed by atoms with van der Waals surface area (Å²) < 4.78 is 0.887. The van der Waals surface area contributed by atoms with Gasteiger partial charge in [-0.2, -0.15) is 0 Å². The summed E-state index contributed by atoms with van der Waals surface area (Å²) in [5.41, 5.74) is 1.87. The van der Waals surface area contributed by atoms with Crippen molar-refractivity contribution in [3.8, 4) is 5.75 Å². The molecule has 1 aliphatic carbocycles. The summed E-state index contributed by atoms with van der Waals surface area (Å²) in [6, 6.07) is 4.64. The van der Waals surface area contributed by atoms with Crippen LogP contribution in [0.4, 0.5) is 5.69 Å². The van der Waals surface area contributed by atoms with Crippen LogP contribution in [0, 0.1) is 3.57 Å². The number of phenolic OH excluding ortho intramolecular Hbond substituents is 1. The number of hydrogen-bond donors (Lipinski definition) is 1. The third-order valence-electron chi connectivity index (χ3n) is 4.20. The molecule has 1 atom stereocenters. The second-order valence-electron chi connectivity index (χ2n) is 5.67. The highest BCUT2D eigenvalue weighted by molar-refractivity contribution is 14.1. The molecule has 3 rings (SSSR count). The molecule has 108 valence electrons. The van der Waals surface area contributed by atoms with Crippen LogP contribution in [-0.4, -0.2) is 24.7 Å². The fraction of sp³-hybridized carbons (Fsp3) is 0.250. The second-order valence-corrected chi connectivity index (χ2v) is 10.9. The number of benzene rings is 1. The van der Waals surface area contributed by atoms with Crippen molar-refractivity contribution >= 4 is 53.0 Å². The average molecular weight is 409 g/mol. The van der Waals surface area contributed by atoms with Crippen molar-refractivity contribution in [3.05, 3.63) is 39.1 Å². The van der Waals surface area contributed by atoms with Crippen LogP contribution in [0.25, 0.3) is 0 Å². The predicted octanol–water partition coefficient (Wildman–Crippen LogP) is 3.38. The van der Waals surface area contributed by atoms with Gasteiger partial charge in [0.15, 0.2) is 5.78 Å². The van der Waals surface area contributed by atoms with Crippen LogP contribution in [-0.2, 0) is 4.79 Å². The second kappa shape index (κ2) is 5.21. The zero-order chi connectivity index (χ0) is 15.2. The Morgan fingerprint density at radius 1 is 1.33 bits per heavy atom. The molecule has 21 heavy (non-hydrogen) atoms. The zero-order valence-corrected chi connectivity index (χ0v) is 15.1. The summed E-state index contributed by atoms with van der Waals surface area (Å²) in [7, 11) is -2.05. The molecule has 1 aliphatic heterocycles. The Labute approximate surface area is 138 Å². The number of allylic oxidation sites excluding steroid dienone is 4. The van der Waals surface area contributed by atoms with E-state index in [1.807, 2.05) is 12.1 Å². The summed E-state index contributed by atoms with van der Waals surface area (Å²) in [6.45, 7) is 4.45. The standard InChI is InChI=1S/C16H16INO2Si/c1-3-8-21(2)14-9-10(19)4-5-11(14)18-12-6-7-13(20)15(17)16(12)21/h4-7,9,20H,3,8H2,1-2H3. The van der Waals surface area contributed by atoms with Crippen molar-refractivity contribution in [2.45, 2.75) is 25.9 Å². The first-order chi connectivity index (χ1) is 9.97. The molecular formula is C16H16INO2Si. The van der Waals surface area contributed by atoms with Crippen molar-refractivity contribution in [2.75, 3.05) is 0 Å². The van der Waals surface area contributed by atoms with Gasteiger partial charge in [0.1, 0.15) is 13.8 Å². The number of halogens is 1. The van der Waals surface area contributed by atoms with Crippen molar-refractivity contribution < 1.29 is 9.90 Å². The lowest BCUT2D eigenvalue weighted by atomic mass is 10.1. The van der Waals surface area contributed by atoms with Gasteiger partial charge in [-0.1, -0.05) is 19.9 Å². The first-order valence-electron chi connectivity index (χ1n) is 7.02. The average Bonchev–Trinajstić information content (AvgIpc) is 2.44. The Morgan fingerprint density at radius 3 is 2.81 bits per heavy atom. The Morgan fingerprint density at radius 2 is 2.10 bits per heavy atom. The molecule has 0 amide bonds. The van der Waals surface area contributed by atoms with Crippen LogP contribution in [0.1, 0.15) is 13.3 Å². The molecule has 3 nitrogen and oxygen atoms in total. The van der Waals surface area contributed by atoms with Crippen LogP contribution >= 0.6 is 22.6 Å². The van der Waals surface area contributed by atoms with E-state index in [-0.39, 0.29) is 5.78 Å². The molecule has 5 heteroatoms. The summed E-state index contributed by atoms with van der Waals surface area (Å²) in [6.07, 6.45) is 6.22. The first kappa shape index (κ1) is 14.7. The van der Waals surface area contributed by atoms with Crippen LogP contribution in [0.5, 0.6) is 5.75 Å². The number of fused-ring (bicyclic) bond motifs is 2. The summed E-state index contributed by atoms with van der Waals surface area (Å²) in [4.78, 5) is 16.5. The molecule has 0 spiro atoms. The van der Waals surface area contributed by atoms with Gasteiger partial charge in [0.05, 0.1) is 15.0 Å². The van der Waals surface area contributed by atoms with Gasteiger partial charge in [0, 0.05) is 0 Å². The molecule has 0 saturated heterocycles. The smallest absolute Gasteiger partial charge is 0.178 e. The number of aliphatic imine (C=N–C) groups is 1. The molecule has 0 fully saturated rings. The molecule has 1 unspecified atom stereocenters. The number of carbonyl (C=O) groups is 1. The van der Waals surface area contributed by atoms with Gasteiger partial charge in [-0.25, -0.2) is 4.99 Å². The number of ketones is 1. The zero-order valence-electron chi connectivity index (χ0n) is 12.0. The maximum atomic E-state index is 11.8. The minimum absolute atomic E-state index is 0.0392. The van der Waals surface area contributed by atoms with Gasteiger partial charge >= 0.3 is 0 Å². The summed E-state index contributed by atoms with van der Waals surface area (Å²) in [5.74, 6) is 0.346. The van der Waals surface area contributed by atoms with Crippen molar-refractivity contribution in [1.29, 1.82) is 0 Å². The van der Waals surface area contributed by atoms with Gasteiger partial charge in [-0.05, 0) is 69.4 Å². The SMILES string of the molecule is CCC[Si]1(C)C2=CC(=O)C=CC2=Nc2ccc(O)c(I)c21. The van der Waals surface area contributed by atoms with E-state index >= 15 is 0 Å². The van der Waals surface area contributed by atoms with Gasteiger partial charge in [-0.15, -0.1) is 0 Å². The lowest BCUT2D eigenvalue weighted by Gasteiger charge is -2.37. The molecule has 1 aromatic rings. The number of carbonyl (C=O) groups excluding carboxylic acids is 1. The Kier molecular flexibility index (Phi) is 3.65. The molecule has 0 bridgehead atoms. The number of hydrogen-bond acceptors (Lipinski definition) is 3. The monoisotopic (exact) mass is 409 g/mol. The molecular weight excluding hydrogens is 393 g/mol. The predicted molar refractivity (Wildman–Crippen MR) is 96.5 cm³/mol. The molecule has 0 aromatic heterocycles. The molecule has 1 aromatic carbocycles. The summed E-state index contributed by atoms with van der Waals surface area (Å²) >= 11 is 2.21. The summed E-state index contributed by atoms with van der Waals surface area (Å²) in [5, 5.41) is 12.4. The van der Waals surface area contributed by atoms with Crippen LogP contribution in [0.15, 0.2) is 40.5 Å². The maximum Gasteiger partial charge on any atom is 0.178 e. The van der Waals surface area contributed by atoms with E-state index in [0.717, 1.165) is 32.6 Å². The van der Waals surface area contributed by atoms with E-state index in [1.54, 1.807) is 18.2 Å². The fourth-order valence-corrected chi connectivity index (χ4v) is 9.76. The number of aromatic hydroxyl groups is 1. The third-order valence-corrected chi connectivity index (χ3v) is 10.5. The lowest BCUT2D eigenvalue weighted by Crippen LogP contribution is -2.53. The van der Waals surface area contributed by atoms with Gasteiger partial charge < -0.3 is 5.11 Å². The largest absolute Gasteiger partial charge is 0.507 e. The number of phenols is 1. The van der Waals surface area contributed by atoms with Gasteiger partial charge in [0.25, 0.3) is 0 Å². The molecule has 0 saturated carbocycles. The highest BCUT2D eigenvalue weighted by atomic mass is 127. The van der Waals surface area contributed by atoms with Gasteiger partial charge in [-0.3, -0.25) is 4.79 Å². The van der Waals surface area contributed by atoms with Crippen LogP contribution in [0.3, 0.4) is 0 Å². The number of nitrogens with zero attached hydrogens (tertiary/aromatic N) is 1. The fourth-order valence-electron chi connectivity index (χ4n) is 3.25. The normalized spacial score (nSPS) is 23.3. The topological polar surface area (TPSA) is 49.7 Å². The molecule has 0 radical (unpaired) electrons. The van der Waals surface area contributed by atoms with E-state index in [4.69, 9.17) is 4.99 Å². The van der Waals surface area contributed by atoms with E-state index < -0.39 is 8.07 Å². The highest BCUT2D eigenvalue weighted by Crippen LogP contribution is 2.37. The van der Waals surface area contributed by atoms with E-state index in [9.17, 15) is 9.90 Å². The Bertz CT molecular complexity index is 736.